The van der Waals surface area contributed by atoms with Gasteiger partial charge in [-0.25, -0.2) is 0 Å². The molecule has 1 aliphatic rings. The van der Waals surface area contributed by atoms with Crippen LogP contribution in [0.4, 0.5) is 0 Å². The first-order chi connectivity index (χ1) is 6.86. The highest BCUT2D eigenvalue weighted by molar-refractivity contribution is 4.73. The van der Waals surface area contributed by atoms with Gasteiger partial charge < -0.3 is 20.4 Å². The number of nitrogens with zero attached hydrogens (tertiary/aromatic N) is 1. The Morgan fingerprint density at radius 2 is 1.86 bits per heavy atom. The number of β-amino-alcohol motifs (C(OH)–C–C–N with tert-alkyl or cyclic N) is 1. The molecule has 0 unspecified atom stereocenters. The maximum atomic E-state index is 8.78. The van der Waals surface area contributed by atoms with Crippen LogP contribution < -0.4 is 5.32 Å². The van der Waals surface area contributed by atoms with E-state index in [4.69, 9.17) is 10.2 Å². The molecule has 0 amide bonds. The van der Waals surface area contributed by atoms with Crippen LogP contribution >= 0.6 is 0 Å². The number of piperidine rings is 1. The van der Waals surface area contributed by atoms with Crippen molar-refractivity contribution in [2.75, 3.05) is 45.9 Å². The highest BCUT2D eigenvalue weighted by atomic mass is 16.3. The molecule has 14 heavy (non-hydrogen) atoms. The molecule has 84 valence electrons. The molecule has 1 aliphatic heterocycles. The van der Waals surface area contributed by atoms with E-state index in [1.54, 1.807) is 0 Å². The van der Waals surface area contributed by atoms with Crippen LogP contribution in [0.2, 0.25) is 0 Å². The molecule has 4 heteroatoms. The smallest absolute Gasteiger partial charge is 0.0558 e. The third kappa shape index (κ3) is 4.37. The lowest BCUT2D eigenvalue weighted by molar-refractivity contribution is 0.146. The Bertz CT molecular complexity index is 136. The van der Waals surface area contributed by atoms with Crippen LogP contribution in [-0.2, 0) is 0 Å². The molecular weight excluding hydrogens is 180 g/mol. The van der Waals surface area contributed by atoms with Crippen LogP contribution in [0.25, 0.3) is 0 Å². The summed E-state index contributed by atoms with van der Waals surface area (Å²) >= 11 is 0. The normalized spacial score (nSPS) is 20.1. The SMILES string of the molecule is OCCNCC1CCN(CCO)CC1. The molecule has 0 aromatic rings. The van der Waals surface area contributed by atoms with E-state index < -0.39 is 0 Å². The van der Waals surface area contributed by atoms with Crippen molar-refractivity contribution in [1.29, 1.82) is 0 Å². The standard InChI is InChI=1S/C10H22N2O2/c13-7-3-11-9-10-1-4-12(5-2-10)6-8-14/h10-11,13-14H,1-9H2. The highest BCUT2D eigenvalue weighted by Gasteiger charge is 2.17. The maximum absolute atomic E-state index is 8.78. The Morgan fingerprint density at radius 1 is 1.14 bits per heavy atom. The average Bonchev–Trinajstić information content (AvgIpc) is 2.21. The molecule has 4 nitrogen and oxygen atoms in total. The molecule has 0 saturated carbocycles. The number of aliphatic hydroxyl groups excluding tert-OH is 2. The van der Waals surface area contributed by atoms with Crippen molar-refractivity contribution >= 4 is 0 Å². The van der Waals surface area contributed by atoms with Crippen LogP contribution in [0.5, 0.6) is 0 Å². The molecule has 1 fully saturated rings. The van der Waals surface area contributed by atoms with Crippen molar-refractivity contribution in [3.05, 3.63) is 0 Å². The fraction of sp³-hybridized carbons (Fsp3) is 1.00. The monoisotopic (exact) mass is 202 g/mol. The van der Waals surface area contributed by atoms with E-state index in [9.17, 15) is 0 Å². The second kappa shape index (κ2) is 7.17. The van der Waals surface area contributed by atoms with E-state index in [0.717, 1.165) is 32.1 Å². The average molecular weight is 202 g/mol. The first-order valence-corrected chi connectivity index (χ1v) is 5.51. The molecule has 0 aromatic heterocycles. The van der Waals surface area contributed by atoms with Gasteiger partial charge in [0, 0.05) is 13.1 Å². The lowest BCUT2D eigenvalue weighted by atomic mass is 9.97. The number of hydrogen-bond donors (Lipinski definition) is 3. The minimum absolute atomic E-state index is 0.226. The van der Waals surface area contributed by atoms with Gasteiger partial charge in [-0.3, -0.25) is 0 Å². The van der Waals surface area contributed by atoms with E-state index >= 15 is 0 Å². The van der Waals surface area contributed by atoms with Crippen LogP contribution in [0.3, 0.4) is 0 Å². The fourth-order valence-corrected chi connectivity index (χ4v) is 1.94. The summed E-state index contributed by atoms with van der Waals surface area (Å²) in [4.78, 5) is 2.31. The Morgan fingerprint density at radius 3 is 2.43 bits per heavy atom. The molecule has 0 aliphatic carbocycles. The zero-order chi connectivity index (χ0) is 10.2. The van der Waals surface area contributed by atoms with Crippen LogP contribution in [0, 0.1) is 5.92 Å². The van der Waals surface area contributed by atoms with Crippen LogP contribution in [0.1, 0.15) is 12.8 Å². The van der Waals surface area contributed by atoms with Crippen molar-refractivity contribution in [2.45, 2.75) is 12.8 Å². The quantitative estimate of drug-likeness (QED) is 0.497. The molecule has 1 rings (SSSR count). The van der Waals surface area contributed by atoms with Gasteiger partial charge in [0.15, 0.2) is 0 Å². The molecule has 0 spiro atoms. The molecular formula is C10H22N2O2. The molecule has 0 bridgehead atoms. The Balaban J connectivity index is 2.03. The maximum Gasteiger partial charge on any atom is 0.0558 e. The summed E-state index contributed by atoms with van der Waals surface area (Å²) in [6, 6.07) is 0. The zero-order valence-electron chi connectivity index (χ0n) is 8.78. The van der Waals surface area contributed by atoms with E-state index in [2.05, 4.69) is 10.2 Å². The van der Waals surface area contributed by atoms with Gasteiger partial charge in [0.25, 0.3) is 0 Å². The molecule has 1 saturated heterocycles. The summed E-state index contributed by atoms with van der Waals surface area (Å²) < 4.78 is 0. The lowest BCUT2D eigenvalue weighted by Gasteiger charge is -2.31. The second-order valence-electron chi connectivity index (χ2n) is 3.94. The summed E-state index contributed by atoms with van der Waals surface area (Å²) in [6.07, 6.45) is 2.41. The minimum Gasteiger partial charge on any atom is -0.395 e. The van der Waals surface area contributed by atoms with E-state index in [1.807, 2.05) is 0 Å². The zero-order valence-corrected chi connectivity index (χ0v) is 8.78. The van der Waals surface area contributed by atoms with Crippen LogP contribution in [-0.4, -0.2) is 61.1 Å². The van der Waals surface area contributed by atoms with Gasteiger partial charge in [0.05, 0.1) is 13.2 Å². The van der Waals surface area contributed by atoms with Gasteiger partial charge in [-0.05, 0) is 38.4 Å². The summed E-state index contributed by atoms with van der Waals surface area (Å²) in [7, 11) is 0. The molecule has 3 N–H and O–H groups in total. The van der Waals surface area contributed by atoms with Crippen LogP contribution in [0.15, 0.2) is 0 Å². The molecule has 0 aromatic carbocycles. The van der Waals surface area contributed by atoms with Gasteiger partial charge in [0.1, 0.15) is 0 Å². The summed E-state index contributed by atoms with van der Waals surface area (Å²) in [5.74, 6) is 0.747. The summed E-state index contributed by atoms with van der Waals surface area (Å²) in [6.45, 7) is 5.25. The number of rotatable bonds is 6. The third-order valence-corrected chi connectivity index (χ3v) is 2.84. The predicted octanol–water partition coefficient (Wildman–Crippen LogP) is -0.727. The predicted molar refractivity (Wildman–Crippen MR) is 56.2 cm³/mol. The van der Waals surface area contributed by atoms with Gasteiger partial charge in [-0.15, -0.1) is 0 Å². The number of hydrogen-bond acceptors (Lipinski definition) is 4. The molecule has 1 heterocycles. The third-order valence-electron chi connectivity index (χ3n) is 2.84. The number of aliphatic hydroxyl groups is 2. The first kappa shape index (κ1) is 11.9. The summed E-state index contributed by atoms with van der Waals surface area (Å²) in [5.41, 5.74) is 0. The Hall–Kier alpha value is -0.160. The van der Waals surface area contributed by atoms with Gasteiger partial charge >= 0.3 is 0 Å². The number of nitrogens with one attached hydrogen (secondary N) is 1. The van der Waals surface area contributed by atoms with Crippen molar-refractivity contribution < 1.29 is 10.2 Å². The minimum atomic E-state index is 0.226. The Kier molecular flexibility index (Phi) is 6.10. The topological polar surface area (TPSA) is 55.7 Å². The van der Waals surface area contributed by atoms with Crippen molar-refractivity contribution in [2.24, 2.45) is 5.92 Å². The molecule has 0 atom stereocenters. The molecule has 0 radical (unpaired) electrons. The van der Waals surface area contributed by atoms with E-state index in [1.165, 1.54) is 12.8 Å². The lowest BCUT2D eigenvalue weighted by Crippen LogP contribution is -2.38. The Labute approximate surface area is 85.9 Å². The van der Waals surface area contributed by atoms with Crippen molar-refractivity contribution in [1.82, 2.24) is 10.2 Å². The fourth-order valence-electron chi connectivity index (χ4n) is 1.94. The van der Waals surface area contributed by atoms with E-state index in [0.29, 0.717) is 6.54 Å². The highest BCUT2D eigenvalue weighted by Crippen LogP contribution is 2.15. The van der Waals surface area contributed by atoms with E-state index in [-0.39, 0.29) is 13.2 Å². The number of likely N-dealkylation sites (tertiary alicyclic amines) is 1. The van der Waals surface area contributed by atoms with Crippen molar-refractivity contribution in [3.8, 4) is 0 Å². The van der Waals surface area contributed by atoms with Gasteiger partial charge in [-0.1, -0.05) is 0 Å². The summed E-state index contributed by atoms with van der Waals surface area (Å²) in [5, 5.41) is 20.6. The van der Waals surface area contributed by atoms with Gasteiger partial charge in [-0.2, -0.15) is 0 Å². The largest absolute Gasteiger partial charge is 0.395 e. The van der Waals surface area contributed by atoms with Crippen molar-refractivity contribution in [3.63, 3.8) is 0 Å². The first-order valence-electron chi connectivity index (χ1n) is 5.51. The second-order valence-corrected chi connectivity index (χ2v) is 3.94. The van der Waals surface area contributed by atoms with Gasteiger partial charge in [0.2, 0.25) is 0 Å².